The molecular formula is C12H17ClO5S2. The summed E-state index contributed by atoms with van der Waals surface area (Å²) in [7, 11) is -1.60. The normalized spacial score (nSPS) is 12.7. The summed E-state index contributed by atoms with van der Waals surface area (Å²) in [6.45, 7) is 3.78. The van der Waals surface area contributed by atoms with Crippen molar-refractivity contribution in [2.45, 2.75) is 24.7 Å². The first-order chi connectivity index (χ1) is 9.00. The standard InChI is InChI=1S/C12H17ClO5S2/c1-9(2)11-8-10(20(13,16)17)4-5-12(11)18-6-7-19(3,14)15/h4-5,8-9H,6-7H2,1-3H3. The summed E-state index contributed by atoms with van der Waals surface area (Å²) in [5.74, 6) is 0.384. The van der Waals surface area contributed by atoms with E-state index in [1.54, 1.807) is 0 Å². The highest BCUT2D eigenvalue weighted by atomic mass is 35.7. The van der Waals surface area contributed by atoms with E-state index in [0.717, 1.165) is 6.26 Å². The molecule has 0 fully saturated rings. The Morgan fingerprint density at radius 3 is 2.25 bits per heavy atom. The number of sulfone groups is 1. The lowest BCUT2D eigenvalue weighted by Crippen LogP contribution is -2.13. The first kappa shape index (κ1) is 17.3. The Balaban J connectivity index is 3.03. The lowest BCUT2D eigenvalue weighted by Gasteiger charge is -2.14. The van der Waals surface area contributed by atoms with Gasteiger partial charge in [-0.3, -0.25) is 0 Å². The fraction of sp³-hybridized carbons (Fsp3) is 0.500. The maximum atomic E-state index is 11.3. The third-order valence-electron chi connectivity index (χ3n) is 2.60. The molecule has 0 unspecified atom stereocenters. The maximum absolute atomic E-state index is 11.3. The quantitative estimate of drug-likeness (QED) is 0.741. The summed E-state index contributed by atoms with van der Waals surface area (Å²) >= 11 is 0. The van der Waals surface area contributed by atoms with Crippen LogP contribution in [0.3, 0.4) is 0 Å². The zero-order chi connectivity index (χ0) is 15.6. The van der Waals surface area contributed by atoms with Crippen molar-refractivity contribution >= 4 is 29.6 Å². The van der Waals surface area contributed by atoms with Gasteiger partial charge in [-0.15, -0.1) is 0 Å². The monoisotopic (exact) mass is 340 g/mol. The fourth-order valence-corrected chi connectivity index (χ4v) is 2.74. The molecule has 0 amide bonds. The van der Waals surface area contributed by atoms with Gasteiger partial charge < -0.3 is 4.74 Å². The van der Waals surface area contributed by atoms with Crippen LogP contribution >= 0.6 is 10.7 Å². The SMILES string of the molecule is CC(C)c1cc(S(=O)(=O)Cl)ccc1OCCS(C)(=O)=O. The molecule has 1 aromatic rings. The van der Waals surface area contributed by atoms with Gasteiger partial charge in [0, 0.05) is 16.9 Å². The Labute approximate surface area is 124 Å². The molecule has 0 atom stereocenters. The van der Waals surface area contributed by atoms with E-state index < -0.39 is 18.9 Å². The molecule has 0 radical (unpaired) electrons. The van der Waals surface area contributed by atoms with Crippen molar-refractivity contribution in [3.8, 4) is 5.75 Å². The zero-order valence-corrected chi connectivity index (χ0v) is 13.8. The molecule has 8 heteroatoms. The summed E-state index contributed by atoms with van der Waals surface area (Å²) in [6, 6.07) is 4.28. The molecule has 20 heavy (non-hydrogen) atoms. The van der Waals surface area contributed by atoms with Crippen LogP contribution in [-0.4, -0.2) is 35.5 Å². The summed E-state index contributed by atoms with van der Waals surface area (Å²) in [4.78, 5) is -0.00155. The molecular weight excluding hydrogens is 324 g/mol. The second kappa shape index (κ2) is 6.32. The third-order valence-corrected chi connectivity index (χ3v) is 4.86. The smallest absolute Gasteiger partial charge is 0.261 e. The van der Waals surface area contributed by atoms with Gasteiger partial charge in [-0.1, -0.05) is 13.8 Å². The summed E-state index contributed by atoms with van der Waals surface area (Å²) in [6.07, 6.45) is 1.13. The van der Waals surface area contributed by atoms with Crippen LogP contribution in [0.2, 0.25) is 0 Å². The number of hydrogen-bond acceptors (Lipinski definition) is 5. The van der Waals surface area contributed by atoms with Gasteiger partial charge in [0.15, 0.2) is 9.84 Å². The van der Waals surface area contributed by atoms with E-state index in [2.05, 4.69) is 0 Å². The van der Waals surface area contributed by atoms with E-state index in [0.29, 0.717) is 11.3 Å². The highest BCUT2D eigenvalue weighted by molar-refractivity contribution is 8.13. The average Bonchev–Trinajstić information content (AvgIpc) is 2.25. The molecule has 0 saturated heterocycles. The third kappa shape index (κ3) is 5.30. The minimum absolute atomic E-state index is 0.00155. The van der Waals surface area contributed by atoms with Crippen LogP contribution in [-0.2, 0) is 18.9 Å². The molecule has 1 aromatic carbocycles. The lowest BCUT2D eigenvalue weighted by molar-refractivity contribution is 0.336. The molecule has 0 aliphatic rings. The van der Waals surface area contributed by atoms with Crippen molar-refractivity contribution in [2.24, 2.45) is 0 Å². The topological polar surface area (TPSA) is 77.5 Å². The average molecular weight is 341 g/mol. The molecule has 0 aliphatic heterocycles. The molecule has 114 valence electrons. The number of hydrogen-bond donors (Lipinski definition) is 0. The first-order valence-electron chi connectivity index (χ1n) is 5.90. The van der Waals surface area contributed by atoms with Gasteiger partial charge in [0.1, 0.15) is 12.4 Å². The summed E-state index contributed by atoms with van der Waals surface area (Å²) in [5, 5.41) is 0. The number of ether oxygens (including phenoxy) is 1. The molecule has 0 aliphatic carbocycles. The predicted molar refractivity (Wildman–Crippen MR) is 78.8 cm³/mol. The van der Waals surface area contributed by atoms with Crippen LogP contribution in [0.25, 0.3) is 0 Å². The van der Waals surface area contributed by atoms with Crippen LogP contribution in [0.4, 0.5) is 0 Å². The molecule has 0 aromatic heterocycles. The van der Waals surface area contributed by atoms with Crippen LogP contribution in [0.5, 0.6) is 5.75 Å². The molecule has 0 heterocycles. The van der Waals surface area contributed by atoms with Crippen LogP contribution in [0.1, 0.15) is 25.3 Å². The van der Waals surface area contributed by atoms with Gasteiger partial charge in [0.05, 0.1) is 10.6 Å². The highest BCUT2D eigenvalue weighted by Crippen LogP contribution is 2.30. The second-order valence-electron chi connectivity index (χ2n) is 4.77. The second-order valence-corrected chi connectivity index (χ2v) is 9.60. The molecule has 5 nitrogen and oxygen atoms in total. The Morgan fingerprint density at radius 1 is 1.20 bits per heavy atom. The maximum Gasteiger partial charge on any atom is 0.261 e. The van der Waals surface area contributed by atoms with E-state index in [1.807, 2.05) is 13.8 Å². The van der Waals surface area contributed by atoms with Gasteiger partial charge in [-0.05, 0) is 29.7 Å². The molecule has 0 saturated carbocycles. The Bertz CT molecular complexity index is 678. The lowest BCUT2D eigenvalue weighted by atomic mass is 10.0. The van der Waals surface area contributed by atoms with Gasteiger partial charge >= 0.3 is 0 Å². The van der Waals surface area contributed by atoms with Crippen LogP contribution in [0.15, 0.2) is 23.1 Å². The Hall–Kier alpha value is -0.790. The first-order valence-corrected chi connectivity index (χ1v) is 10.3. The Morgan fingerprint density at radius 2 is 1.80 bits per heavy atom. The molecule has 0 N–H and O–H groups in total. The van der Waals surface area contributed by atoms with Gasteiger partial charge in [-0.25, -0.2) is 16.8 Å². The van der Waals surface area contributed by atoms with Crippen molar-refractivity contribution in [3.05, 3.63) is 23.8 Å². The summed E-state index contributed by atoms with van der Waals surface area (Å²) < 4.78 is 50.1. The van der Waals surface area contributed by atoms with E-state index in [9.17, 15) is 16.8 Å². The van der Waals surface area contributed by atoms with E-state index in [-0.39, 0.29) is 23.2 Å². The van der Waals surface area contributed by atoms with E-state index in [1.165, 1.54) is 18.2 Å². The van der Waals surface area contributed by atoms with Crippen molar-refractivity contribution in [2.75, 3.05) is 18.6 Å². The van der Waals surface area contributed by atoms with Crippen molar-refractivity contribution < 1.29 is 21.6 Å². The van der Waals surface area contributed by atoms with Crippen molar-refractivity contribution in [3.63, 3.8) is 0 Å². The van der Waals surface area contributed by atoms with Crippen LogP contribution < -0.4 is 4.74 Å². The highest BCUT2D eigenvalue weighted by Gasteiger charge is 2.16. The molecule has 0 spiro atoms. The Kier molecular flexibility index (Phi) is 5.46. The van der Waals surface area contributed by atoms with Crippen molar-refractivity contribution in [1.29, 1.82) is 0 Å². The molecule has 0 bridgehead atoms. The number of rotatable bonds is 6. The molecule has 1 rings (SSSR count). The van der Waals surface area contributed by atoms with E-state index >= 15 is 0 Å². The van der Waals surface area contributed by atoms with Crippen LogP contribution in [0, 0.1) is 0 Å². The largest absolute Gasteiger partial charge is 0.492 e. The number of halogens is 1. The fourth-order valence-electron chi connectivity index (χ4n) is 1.56. The predicted octanol–water partition coefficient (Wildman–Crippen LogP) is 2.16. The minimum atomic E-state index is -3.80. The van der Waals surface area contributed by atoms with Gasteiger partial charge in [-0.2, -0.15) is 0 Å². The summed E-state index contributed by atoms with van der Waals surface area (Å²) in [5.41, 5.74) is 0.667. The minimum Gasteiger partial charge on any atom is -0.492 e. The number of benzene rings is 1. The zero-order valence-electron chi connectivity index (χ0n) is 11.5. The van der Waals surface area contributed by atoms with Gasteiger partial charge in [0.2, 0.25) is 0 Å². The van der Waals surface area contributed by atoms with E-state index in [4.69, 9.17) is 15.4 Å². The van der Waals surface area contributed by atoms with Crippen molar-refractivity contribution in [1.82, 2.24) is 0 Å². The van der Waals surface area contributed by atoms with Gasteiger partial charge in [0.25, 0.3) is 9.05 Å².